The third-order valence-electron chi connectivity index (χ3n) is 3.66. The van der Waals surface area contributed by atoms with E-state index in [0.717, 1.165) is 6.26 Å². The minimum atomic E-state index is -3.59. The number of hydrogen-bond donors (Lipinski definition) is 2. The number of piperidine rings is 1. The van der Waals surface area contributed by atoms with Gasteiger partial charge in [-0.2, -0.15) is 0 Å². The summed E-state index contributed by atoms with van der Waals surface area (Å²) >= 11 is 0. The molecule has 2 N–H and O–H groups in total. The standard InChI is InChI=1S/C13H17FN2O3S.ClH/c1-20(18,19)13(6-8-15-9-7-13)12(17)16-11-5-3-2-4-10(11)14;/h2-5,15H,6-9H2,1H3,(H,16,17);1H. The van der Waals surface area contributed by atoms with Crippen molar-refractivity contribution in [1.82, 2.24) is 5.32 Å². The Morgan fingerprint density at radius 2 is 1.86 bits per heavy atom. The molecule has 2 rings (SSSR count). The van der Waals surface area contributed by atoms with E-state index in [0.29, 0.717) is 13.1 Å². The highest BCUT2D eigenvalue weighted by molar-refractivity contribution is 7.92. The lowest BCUT2D eigenvalue weighted by Crippen LogP contribution is -2.55. The van der Waals surface area contributed by atoms with Gasteiger partial charge in [0.1, 0.15) is 5.82 Å². The quantitative estimate of drug-likeness (QED) is 0.873. The summed E-state index contributed by atoms with van der Waals surface area (Å²) in [4.78, 5) is 12.4. The first-order valence-electron chi connectivity index (χ1n) is 6.33. The molecule has 0 bridgehead atoms. The summed E-state index contributed by atoms with van der Waals surface area (Å²) in [5.74, 6) is -1.25. The SMILES string of the molecule is CS(=O)(=O)C1(C(=O)Nc2ccccc2F)CCNCC1.Cl. The number of amides is 1. The van der Waals surface area contributed by atoms with Crippen LogP contribution in [0.4, 0.5) is 10.1 Å². The highest BCUT2D eigenvalue weighted by Gasteiger charge is 2.48. The summed E-state index contributed by atoms with van der Waals surface area (Å²) in [7, 11) is -3.59. The van der Waals surface area contributed by atoms with Gasteiger partial charge in [-0.1, -0.05) is 12.1 Å². The molecule has 8 heteroatoms. The Morgan fingerprint density at radius 1 is 1.29 bits per heavy atom. The fraction of sp³-hybridized carbons (Fsp3) is 0.462. The van der Waals surface area contributed by atoms with E-state index in [4.69, 9.17) is 0 Å². The van der Waals surface area contributed by atoms with Crippen LogP contribution in [-0.4, -0.2) is 38.4 Å². The molecule has 1 aromatic rings. The average Bonchev–Trinajstić information content (AvgIpc) is 2.41. The molecule has 0 atom stereocenters. The van der Waals surface area contributed by atoms with Gasteiger partial charge in [0, 0.05) is 6.26 Å². The molecular formula is C13H18ClFN2O3S. The van der Waals surface area contributed by atoms with E-state index >= 15 is 0 Å². The fourth-order valence-electron chi connectivity index (χ4n) is 2.40. The number of halogens is 2. The summed E-state index contributed by atoms with van der Waals surface area (Å²) in [6.07, 6.45) is 1.43. The van der Waals surface area contributed by atoms with Crippen LogP contribution in [0, 0.1) is 5.82 Å². The Hall–Kier alpha value is -1.18. The zero-order valence-electron chi connectivity index (χ0n) is 11.6. The minimum absolute atomic E-state index is 0. The van der Waals surface area contributed by atoms with E-state index < -0.39 is 26.3 Å². The van der Waals surface area contributed by atoms with Gasteiger partial charge in [0.15, 0.2) is 14.6 Å². The first kappa shape index (κ1) is 17.9. The summed E-state index contributed by atoms with van der Waals surface area (Å²) in [5.41, 5.74) is -0.000873. The van der Waals surface area contributed by atoms with E-state index in [9.17, 15) is 17.6 Å². The summed E-state index contributed by atoms with van der Waals surface area (Å²) in [6.45, 7) is 0.884. The number of nitrogens with one attached hydrogen (secondary N) is 2. The topological polar surface area (TPSA) is 75.3 Å². The normalized spacial score (nSPS) is 17.6. The molecule has 1 heterocycles. The van der Waals surface area contributed by atoms with Gasteiger partial charge in [0.05, 0.1) is 5.69 Å². The Labute approximate surface area is 129 Å². The van der Waals surface area contributed by atoms with E-state index in [1.165, 1.54) is 18.2 Å². The predicted octanol–water partition coefficient (Wildman–Crippen LogP) is 1.35. The minimum Gasteiger partial charge on any atom is -0.322 e. The van der Waals surface area contributed by atoms with Crippen LogP contribution >= 0.6 is 12.4 Å². The van der Waals surface area contributed by atoms with Gasteiger partial charge in [-0.3, -0.25) is 4.79 Å². The summed E-state index contributed by atoms with van der Waals surface area (Å²) in [6, 6.07) is 5.70. The highest BCUT2D eigenvalue weighted by Crippen LogP contribution is 2.29. The molecule has 0 saturated carbocycles. The van der Waals surface area contributed by atoms with Crippen LogP contribution in [0.5, 0.6) is 0 Å². The third-order valence-corrected chi connectivity index (χ3v) is 5.67. The van der Waals surface area contributed by atoms with Gasteiger partial charge in [-0.05, 0) is 38.1 Å². The van der Waals surface area contributed by atoms with Crippen molar-refractivity contribution in [3.8, 4) is 0 Å². The fourth-order valence-corrected chi connectivity index (χ4v) is 3.73. The lowest BCUT2D eigenvalue weighted by Gasteiger charge is -2.34. The van der Waals surface area contributed by atoms with Gasteiger partial charge < -0.3 is 10.6 Å². The van der Waals surface area contributed by atoms with Crippen molar-refractivity contribution in [2.24, 2.45) is 0 Å². The second-order valence-corrected chi connectivity index (χ2v) is 7.28. The van der Waals surface area contributed by atoms with Gasteiger partial charge in [0.2, 0.25) is 5.91 Å². The molecule has 0 unspecified atom stereocenters. The molecule has 21 heavy (non-hydrogen) atoms. The molecule has 1 fully saturated rings. The zero-order chi connectivity index (χ0) is 14.8. The van der Waals surface area contributed by atoms with Crippen molar-refractivity contribution in [3.05, 3.63) is 30.1 Å². The number of hydrogen-bond acceptors (Lipinski definition) is 4. The molecule has 1 saturated heterocycles. The van der Waals surface area contributed by atoms with Gasteiger partial charge in [0.25, 0.3) is 0 Å². The van der Waals surface area contributed by atoms with E-state index in [-0.39, 0.29) is 30.9 Å². The molecule has 1 aliphatic heterocycles. The zero-order valence-corrected chi connectivity index (χ0v) is 13.2. The Morgan fingerprint density at radius 3 is 2.38 bits per heavy atom. The number of rotatable bonds is 3. The van der Waals surface area contributed by atoms with Crippen LogP contribution in [0.15, 0.2) is 24.3 Å². The van der Waals surface area contributed by atoms with E-state index in [1.807, 2.05) is 0 Å². The van der Waals surface area contributed by atoms with Crippen LogP contribution in [0.1, 0.15) is 12.8 Å². The molecular weight excluding hydrogens is 319 g/mol. The number of para-hydroxylation sites is 1. The first-order chi connectivity index (χ1) is 9.37. The monoisotopic (exact) mass is 336 g/mol. The van der Waals surface area contributed by atoms with Crippen LogP contribution in [-0.2, 0) is 14.6 Å². The Balaban J connectivity index is 0.00000220. The van der Waals surface area contributed by atoms with Gasteiger partial charge in [-0.15, -0.1) is 12.4 Å². The van der Waals surface area contributed by atoms with Crippen molar-refractivity contribution >= 4 is 33.8 Å². The molecule has 0 aliphatic carbocycles. The second-order valence-electron chi connectivity index (χ2n) is 4.95. The maximum atomic E-state index is 13.6. The van der Waals surface area contributed by atoms with Gasteiger partial charge >= 0.3 is 0 Å². The lowest BCUT2D eigenvalue weighted by molar-refractivity contribution is -0.119. The van der Waals surface area contributed by atoms with Crippen LogP contribution < -0.4 is 10.6 Å². The number of carbonyl (C=O) groups is 1. The maximum Gasteiger partial charge on any atom is 0.246 e. The molecule has 1 aromatic carbocycles. The molecule has 0 radical (unpaired) electrons. The summed E-state index contributed by atoms with van der Waals surface area (Å²) < 4.78 is 36.2. The maximum absolute atomic E-state index is 13.6. The largest absolute Gasteiger partial charge is 0.322 e. The summed E-state index contributed by atoms with van der Waals surface area (Å²) in [5, 5.41) is 5.43. The van der Waals surface area contributed by atoms with E-state index in [1.54, 1.807) is 6.07 Å². The number of sulfone groups is 1. The number of benzene rings is 1. The predicted molar refractivity (Wildman–Crippen MR) is 82.0 cm³/mol. The molecule has 118 valence electrons. The molecule has 1 amide bonds. The van der Waals surface area contributed by atoms with Gasteiger partial charge in [-0.25, -0.2) is 12.8 Å². The number of anilines is 1. The molecule has 1 aliphatic rings. The second kappa shape index (κ2) is 6.72. The Kier molecular flexibility index (Phi) is 5.72. The van der Waals surface area contributed by atoms with Crippen LogP contribution in [0.2, 0.25) is 0 Å². The molecule has 5 nitrogen and oxygen atoms in total. The first-order valence-corrected chi connectivity index (χ1v) is 8.22. The van der Waals surface area contributed by atoms with Crippen LogP contribution in [0.3, 0.4) is 0 Å². The highest BCUT2D eigenvalue weighted by atomic mass is 35.5. The smallest absolute Gasteiger partial charge is 0.246 e. The van der Waals surface area contributed by atoms with Crippen LogP contribution in [0.25, 0.3) is 0 Å². The third kappa shape index (κ3) is 3.53. The molecule has 0 spiro atoms. The Bertz CT molecular complexity index is 616. The van der Waals surface area contributed by atoms with E-state index in [2.05, 4.69) is 10.6 Å². The van der Waals surface area contributed by atoms with Crippen molar-refractivity contribution in [2.45, 2.75) is 17.6 Å². The lowest BCUT2D eigenvalue weighted by atomic mass is 9.95. The van der Waals surface area contributed by atoms with Crippen molar-refractivity contribution < 1.29 is 17.6 Å². The number of carbonyl (C=O) groups excluding carboxylic acids is 1. The van der Waals surface area contributed by atoms with Crippen molar-refractivity contribution in [3.63, 3.8) is 0 Å². The van der Waals surface area contributed by atoms with Crippen molar-refractivity contribution in [2.75, 3.05) is 24.7 Å². The van der Waals surface area contributed by atoms with Crippen molar-refractivity contribution in [1.29, 1.82) is 0 Å². The molecule has 0 aromatic heterocycles. The average molecular weight is 337 g/mol.